The first kappa shape index (κ1) is 18.5. The lowest BCUT2D eigenvalue weighted by molar-refractivity contribution is 0.415. The van der Waals surface area contributed by atoms with Crippen LogP contribution >= 0.6 is 15.9 Å². The third-order valence-electron chi connectivity index (χ3n) is 4.57. The first-order valence-corrected chi connectivity index (χ1v) is 9.67. The zero-order valence-electron chi connectivity index (χ0n) is 15.2. The molecular formula is C24H23BrO. The number of benzene rings is 3. The molecule has 2 heteroatoms. The van der Waals surface area contributed by atoms with Crippen LogP contribution in [0.15, 0.2) is 83.3 Å². The van der Waals surface area contributed by atoms with Crippen LogP contribution in [0.4, 0.5) is 0 Å². The Morgan fingerprint density at radius 3 is 1.96 bits per heavy atom. The van der Waals surface area contributed by atoms with Crippen molar-refractivity contribution in [2.75, 3.05) is 7.11 Å². The van der Waals surface area contributed by atoms with Gasteiger partial charge in [0, 0.05) is 4.47 Å². The molecule has 0 N–H and O–H groups in total. The number of methoxy groups -OCH3 is 1. The number of hydrogen-bond donors (Lipinski definition) is 0. The Bertz CT molecular complexity index is 862. The molecule has 1 nitrogen and oxygen atoms in total. The van der Waals surface area contributed by atoms with Gasteiger partial charge in [0.25, 0.3) is 0 Å². The lowest BCUT2D eigenvalue weighted by Gasteiger charge is -2.16. The molecule has 0 bridgehead atoms. The summed E-state index contributed by atoms with van der Waals surface area (Å²) in [5.74, 6) is 0.884. The first-order chi connectivity index (χ1) is 12.7. The molecule has 0 heterocycles. The van der Waals surface area contributed by atoms with E-state index in [1.165, 1.54) is 27.8 Å². The van der Waals surface area contributed by atoms with Crippen molar-refractivity contribution in [1.82, 2.24) is 0 Å². The Labute approximate surface area is 164 Å². The van der Waals surface area contributed by atoms with E-state index in [0.717, 1.165) is 23.1 Å². The van der Waals surface area contributed by atoms with Crippen molar-refractivity contribution in [3.8, 4) is 5.75 Å². The zero-order valence-corrected chi connectivity index (χ0v) is 16.8. The molecule has 0 aromatic heterocycles. The molecule has 0 fully saturated rings. The average molecular weight is 407 g/mol. The number of rotatable bonds is 6. The second-order valence-electron chi connectivity index (χ2n) is 6.21. The fourth-order valence-electron chi connectivity index (χ4n) is 3.21. The number of allylic oxidation sites excluding steroid dienone is 2. The summed E-state index contributed by atoms with van der Waals surface area (Å²) in [6.45, 7) is 2.23. The highest BCUT2D eigenvalue weighted by Gasteiger charge is 2.12. The minimum atomic E-state index is 0.884. The predicted molar refractivity (Wildman–Crippen MR) is 114 cm³/mol. The summed E-state index contributed by atoms with van der Waals surface area (Å²) in [5.41, 5.74) is 6.59. The Morgan fingerprint density at radius 2 is 1.38 bits per heavy atom. The highest BCUT2D eigenvalue weighted by molar-refractivity contribution is 9.10. The quantitative estimate of drug-likeness (QED) is 0.399. The van der Waals surface area contributed by atoms with Gasteiger partial charge in [0.15, 0.2) is 0 Å². The maximum Gasteiger partial charge on any atom is 0.118 e. The van der Waals surface area contributed by atoms with Crippen LogP contribution in [-0.4, -0.2) is 7.11 Å². The van der Waals surface area contributed by atoms with E-state index in [2.05, 4.69) is 89.6 Å². The molecule has 3 rings (SSSR count). The average Bonchev–Trinajstić information content (AvgIpc) is 2.70. The van der Waals surface area contributed by atoms with E-state index < -0.39 is 0 Å². The van der Waals surface area contributed by atoms with Crippen LogP contribution in [0.3, 0.4) is 0 Å². The van der Waals surface area contributed by atoms with Crippen molar-refractivity contribution < 1.29 is 4.74 Å². The van der Waals surface area contributed by atoms with E-state index in [9.17, 15) is 0 Å². The SMILES string of the molecule is CC/C(=C(\Cc1ccc(Br)cc1)c1ccc(OC)cc1)c1ccccc1. The molecule has 0 aliphatic carbocycles. The monoisotopic (exact) mass is 406 g/mol. The number of ether oxygens (including phenoxy) is 1. The van der Waals surface area contributed by atoms with Crippen LogP contribution in [0.2, 0.25) is 0 Å². The van der Waals surface area contributed by atoms with Gasteiger partial charge < -0.3 is 4.74 Å². The summed E-state index contributed by atoms with van der Waals surface area (Å²) < 4.78 is 6.44. The summed E-state index contributed by atoms with van der Waals surface area (Å²) in [5, 5.41) is 0. The third-order valence-corrected chi connectivity index (χ3v) is 5.10. The Balaban J connectivity index is 2.10. The van der Waals surface area contributed by atoms with Gasteiger partial charge in [-0.2, -0.15) is 0 Å². The molecule has 26 heavy (non-hydrogen) atoms. The molecule has 3 aromatic rings. The minimum Gasteiger partial charge on any atom is -0.497 e. The maximum atomic E-state index is 5.33. The number of halogens is 1. The van der Waals surface area contributed by atoms with Gasteiger partial charge in [-0.05, 0) is 64.9 Å². The smallest absolute Gasteiger partial charge is 0.118 e. The van der Waals surface area contributed by atoms with E-state index in [-0.39, 0.29) is 0 Å². The molecule has 3 aromatic carbocycles. The van der Waals surface area contributed by atoms with E-state index >= 15 is 0 Å². The second-order valence-corrected chi connectivity index (χ2v) is 7.12. The van der Waals surface area contributed by atoms with Gasteiger partial charge in [-0.1, -0.05) is 77.5 Å². The van der Waals surface area contributed by atoms with Gasteiger partial charge in [-0.3, -0.25) is 0 Å². The summed E-state index contributed by atoms with van der Waals surface area (Å²) >= 11 is 3.53. The first-order valence-electron chi connectivity index (χ1n) is 8.87. The van der Waals surface area contributed by atoms with E-state index in [4.69, 9.17) is 4.74 Å². The van der Waals surface area contributed by atoms with Gasteiger partial charge in [0.2, 0.25) is 0 Å². The molecular weight excluding hydrogens is 384 g/mol. The Hall–Kier alpha value is -2.32. The standard InChI is InChI=1S/C24H23BrO/c1-3-23(19-7-5-4-6-8-19)24(17-18-9-13-21(25)14-10-18)20-11-15-22(26-2)16-12-20/h4-16H,3,17H2,1-2H3/b24-23-. The number of hydrogen-bond acceptors (Lipinski definition) is 1. The lowest BCUT2D eigenvalue weighted by atomic mass is 9.89. The molecule has 0 spiro atoms. The normalized spacial score (nSPS) is 11.8. The van der Waals surface area contributed by atoms with Crippen molar-refractivity contribution in [1.29, 1.82) is 0 Å². The van der Waals surface area contributed by atoms with Crippen LogP contribution in [0.1, 0.15) is 30.0 Å². The van der Waals surface area contributed by atoms with Crippen LogP contribution in [-0.2, 0) is 6.42 Å². The highest BCUT2D eigenvalue weighted by Crippen LogP contribution is 2.32. The molecule has 0 radical (unpaired) electrons. The van der Waals surface area contributed by atoms with Gasteiger partial charge in [0.05, 0.1) is 7.11 Å². The van der Waals surface area contributed by atoms with E-state index in [1.54, 1.807) is 7.11 Å². The molecule has 0 aliphatic heterocycles. The third kappa shape index (κ3) is 4.44. The lowest BCUT2D eigenvalue weighted by Crippen LogP contribution is -1.97. The van der Waals surface area contributed by atoms with Crippen LogP contribution in [0, 0.1) is 0 Å². The predicted octanol–water partition coefficient (Wildman–Crippen LogP) is 7.02. The minimum absolute atomic E-state index is 0.884. The van der Waals surface area contributed by atoms with Crippen LogP contribution < -0.4 is 4.74 Å². The molecule has 0 unspecified atom stereocenters. The Morgan fingerprint density at radius 1 is 0.769 bits per heavy atom. The van der Waals surface area contributed by atoms with Crippen molar-refractivity contribution in [2.24, 2.45) is 0 Å². The molecule has 0 aliphatic rings. The molecule has 0 amide bonds. The van der Waals surface area contributed by atoms with Crippen molar-refractivity contribution in [3.05, 3.63) is 100 Å². The molecule has 0 saturated carbocycles. The largest absolute Gasteiger partial charge is 0.497 e. The van der Waals surface area contributed by atoms with Crippen LogP contribution in [0.5, 0.6) is 5.75 Å². The molecule has 0 saturated heterocycles. The van der Waals surface area contributed by atoms with E-state index in [0.29, 0.717) is 0 Å². The zero-order chi connectivity index (χ0) is 18.4. The Kier molecular flexibility index (Phi) is 6.30. The van der Waals surface area contributed by atoms with Gasteiger partial charge in [-0.25, -0.2) is 0 Å². The fraction of sp³-hybridized carbons (Fsp3) is 0.167. The maximum absolute atomic E-state index is 5.33. The molecule has 132 valence electrons. The second kappa shape index (κ2) is 8.86. The topological polar surface area (TPSA) is 9.23 Å². The van der Waals surface area contributed by atoms with Gasteiger partial charge in [-0.15, -0.1) is 0 Å². The van der Waals surface area contributed by atoms with Crippen LogP contribution in [0.25, 0.3) is 11.1 Å². The molecule has 0 atom stereocenters. The van der Waals surface area contributed by atoms with Crippen molar-refractivity contribution in [2.45, 2.75) is 19.8 Å². The summed E-state index contributed by atoms with van der Waals surface area (Å²) in [6, 6.07) is 27.7. The summed E-state index contributed by atoms with van der Waals surface area (Å²) in [6.07, 6.45) is 1.89. The fourth-order valence-corrected chi connectivity index (χ4v) is 3.48. The summed E-state index contributed by atoms with van der Waals surface area (Å²) in [4.78, 5) is 0. The summed E-state index contributed by atoms with van der Waals surface area (Å²) in [7, 11) is 1.70. The van der Waals surface area contributed by atoms with Crippen molar-refractivity contribution in [3.63, 3.8) is 0 Å². The van der Waals surface area contributed by atoms with Gasteiger partial charge in [0.1, 0.15) is 5.75 Å². The van der Waals surface area contributed by atoms with E-state index in [1.807, 2.05) is 12.1 Å². The highest BCUT2D eigenvalue weighted by atomic mass is 79.9. The van der Waals surface area contributed by atoms with Gasteiger partial charge >= 0.3 is 0 Å². The van der Waals surface area contributed by atoms with Crippen molar-refractivity contribution >= 4 is 27.1 Å².